The number of pyridine rings is 1. The monoisotopic (exact) mass is 421 g/mol. The van der Waals surface area contributed by atoms with Crippen molar-refractivity contribution >= 4 is 22.6 Å². The Morgan fingerprint density at radius 3 is 2.58 bits per heavy atom. The van der Waals surface area contributed by atoms with Gasteiger partial charge in [-0.3, -0.25) is 4.79 Å². The zero-order valence-corrected chi connectivity index (χ0v) is 18.7. The van der Waals surface area contributed by atoms with Crippen LogP contribution < -0.4 is 4.90 Å². The van der Waals surface area contributed by atoms with Gasteiger partial charge in [0, 0.05) is 43.0 Å². The fraction of sp³-hybridized carbons (Fsp3) is 0.615. The van der Waals surface area contributed by atoms with Gasteiger partial charge in [-0.1, -0.05) is 31.0 Å². The summed E-state index contributed by atoms with van der Waals surface area (Å²) in [5.74, 6) is 1.92. The van der Waals surface area contributed by atoms with Crippen molar-refractivity contribution in [2.45, 2.75) is 83.4 Å². The predicted molar refractivity (Wildman–Crippen MR) is 124 cm³/mol. The van der Waals surface area contributed by atoms with E-state index in [1.54, 1.807) is 0 Å². The van der Waals surface area contributed by atoms with Gasteiger partial charge in [-0.25, -0.2) is 4.98 Å². The average molecular weight is 422 g/mol. The van der Waals surface area contributed by atoms with Crippen LogP contribution in [0.25, 0.3) is 10.9 Å². The second kappa shape index (κ2) is 8.78. The smallest absolute Gasteiger partial charge is 0.223 e. The number of fused-ring (bicyclic) bond motifs is 1. The molecular formula is C26H35N3O2. The van der Waals surface area contributed by atoms with Crippen molar-refractivity contribution in [3.63, 3.8) is 0 Å². The van der Waals surface area contributed by atoms with Crippen LogP contribution in [0.2, 0.25) is 0 Å². The molecule has 1 saturated heterocycles. The molecule has 166 valence electrons. The fourth-order valence-electron chi connectivity index (χ4n) is 5.42. The lowest BCUT2D eigenvalue weighted by Gasteiger charge is -2.33. The van der Waals surface area contributed by atoms with E-state index in [1.807, 2.05) is 0 Å². The molecule has 0 radical (unpaired) electrons. The highest BCUT2D eigenvalue weighted by atomic mass is 16.3. The maximum Gasteiger partial charge on any atom is 0.223 e. The Hall–Kier alpha value is -2.14. The van der Waals surface area contributed by atoms with Crippen LogP contribution >= 0.6 is 0 Å². The van der Waals surface area contributed by atoms with E-state index in [9.17, 15) is 9.90 Å². The lowest BCUT2D eigenvalue weighted by atomic mass is 10.0. The minimum Gasteiger partial charge on any atom is -0.393 e. The second-order valence-corrected chi connectivity index (χ2v) is 9.94. The molecule has 0 unspecified atom stereocenters. The van der Waals surface area contributed by atoms with E-state index in [0.717, 1.165) is 61.1 Å². The zero-order valence-electron chi connectivity index (χ0n) is 18.7. The van der Waals surface area contributed by atoms with Gasteiger partial charge in [-0.2, -0.15) is 0 Å². The summed E-state index contributed by atoms with van der Waals surface area (Å²) in [5.41, 5.74) is 3.38. The standard InChI is InChI=1S/C26H35N3O2/c1-18-5-4-8-20-16-21(26(27-25(18)20)28-13-11-23(30)12-14-28)17-29(22-9-10-22)24(31)15-19-6-2-3-7-19/h4-5,8,16,19,22-23,30H,2-3,6-7,9-15,17H2,1H3. The lowest BCUT2D eigenvalue weighted by molar-refractivity contribution is -0.133. The van der Waals surface area contributed by atoms with Gasteiger partial charge >= 0.3 is 0 Å². The number of amides is 1. The molecule has 2 heterocycles. The zero-order chi connectivity index (χ0) is 21.4. The van der Waals surface area contributed by atoms with Crippen molar-refractivity contribution in [3.05, 3.63) is 35.4 Å². The molecule has 3 fully saturated rings. The maximum absolute atomic E-state index is 13.3. The SMILES string of the molecule is Cc1cccc2cc(CN(C(=O)CC3CCCC3)C3CC3)c(N3CCC(O)CC3)nc12. The highest BCUT2D eigenvalue weighted by Gasteiger charge is 2.35. The van der Waals surface area contributed by atoms with Crippen LogP contribution in [-0.4, -0.2) is 46.1 Å². The first-order chi connectivity index (χ1) is 15.1. The summed E-state index contributed by atoms with van der Waals surface area (Å²) in [7, 11) is 0. The van der Waals surface area contributed by atoms with Crippen molar-refractivity contribution in [2.75, 3.05) is 18.0 Å². The van der Waals surface area contributed by atoms with Gasteiger partial charge in [0.05, 0.1) is 11.6 Å². The number of rotatable bonds is 6. The minimum atomic E-state index is -0.210. The van der Waals surface area contributed by atoms with E-state index in [4.69, 9.17) is 4.98 Å². The molecule has 5 rings (SSSR count). The van der Waals surface area contributed by atoms with Crippen LogP contribution in [0, 0.1) is 12.8 Å². The minimum absolute atomic E-state index is 0.210. The van der Waals surface area contributed by atoms with Gasteiger partial charge in [0.15, 0.2) is 0 Å². The maximum atomic E-state index is 13.3. The molecule has 1 aromatic carbocycles. The third-order valence-electron chi connectivity index (χ3n) is 7.45. The lowest BCUT2D eigenvalue weighted by Crippen LogP contribution is -2.38. The highest BCUT2D eigenvalue weighted by Crippen LogP contribution is 2.35. The number of carbonyl (C=O) groups is 1. The van der Waals surface area contributed by atoms with Crippen LogP contribution in [0.3, 0.4) is 0 Å². The van der Waals surface area contributed by atoms with Crippen LogP contribution in [0.1, 0.15) is 68.9 Å². The number of benzene rings is 1. The van der Waals surface area contributed by atoms with E-state index in [2.05, 4.69) is 41.0 Å². The van der Waals surface area contributed by atoms with Gasteiger partial charge < -0.3 is 14.9 Å². The van der Waals surface area contributed by atoms with Crippen LogP contribution in [-0.2, 0) is 11.3 Å². The Kier molecular flexibility index (Phi) is 5.87. The molecule has 2 saturated carbocycles. The molecule has 2 aliphatic carbocycles. The molecule has 2 aromatic rings. The number of hydrogen-bond donors (Lipinski definition) is 1. The molecule has 0 atom stereocenters. The number of aryl methyl sites for hydroxylation is 1. The van der Waals surface area contributed by atoms with E-state index in [-0.39, 0.29) is 6.10 Å². The third-order valence-corrected chi connectivity index (χ3v) is 7.45. The number of carbonyl (C=O) groups excluding carboxylic acids is 1. The summed E-state index contributed by atoms with van der Waals surface area (Å²) in [4.78, 5) is 22.9. The average Bonchev–Trinajstić information content (AvgIpc) is 3.48. The Balaban J connectivity index is 1.46. The van der Waals surface area contributed by atoms with Crippen molar-refractivity contribution in [3.8, 4) is 0 Å². The number of hydrogen-bond acceptors (Lipinski definition) is 4. The number of anilines is 1. The van der Waals surface area contributed by atoms with Crippen LogP contribution in [0.15, 0.2) is 24.3 Å². The molecule has 1 N–H and O–H groups in total. The van der Waals surface area contributed by atoms with E-state index in [0.29, 0.717) is 30.8 Å². The fourth-order valence-corrected chi connectivity index (χ4v) is 5.42. The quantitative estimate of drug-likeness (QED) is 0.742. The van der Waals surface area contributed by atoms with Gasteiger partial charge in [0.25, 0.3) is 0 Å². The number of aromatic nitrogens is 1. The Bertz CT molecular complexity index is 941. The summed E-state index contributed by atoms with van der Waals surface area (Å²) in [6, 6.07) is 8.99. The van der Waals surface area contributed by atoms with E-state index < -0.39 is 0 Å². The van der Waals surface area contributed by atoms with Crippen LogP contribution in [0.4, 0.5) is 5.82 Å². The van der Waals surface area contributed by atoms with E-state index in [1.165, 1.54) is 31.2 Å². The first kappa shape index (κ1) is 20.7. The summed E-state index contributed by atoms with van der Waals surface area (Å²) in [6.45, 7) is 4.40. The predicted octanol–water partition coefficient (Wildman–Crippen LogP) is 4.58. The first-order valence-corrected chi connectivity index (χ1v) is 12.2. The van der Waals surface area contributed by atoms with Crippen molar-refractivity contribution in [1.29, 1.82) is 0 Å². The molecule has 1 aromatic heterocycles. The van der Waals surface area contributed by atoms with Crippen LogP contribution in [0.5, 0.6) is 0 Å². The summed E-state index contributed by atoms with van der Waals surface area (Å²) >= 11 is 0. The largest absolute Gasteiger partial charge is 0.393 e. The van der Waals surface area contributed by atoms with Gasteiger partial charge in [-0.05, 0) is 63.0 Å². The Labute approximate surface area is 185 Å². The highest BCUT2D eigenvalue weighted by molar-refractivity contribution is 5.85. The molecule has 5 heteroatoms. The molecule has 5 nitrogen and oxygen atoms in total. The molecule has 0 bridgehead atoms. The number of nitrogens with zero attached hydrogens (tertiary/aromatic N) is 3. The van der Waals surface area contributed by atoms with Gasteiger partial charge in [0.2, 0.25) is 5.91 Å². The van der Waals surface area contributed by atoms with E-state index >= 15 is 0 Å². The number of aliphatic hydroxyl groups excluding tert-OH is 1. The third kappa shape index (κ3) is 4.57. The van der Waals surface area contributed by atoms with Gasteiger partial charge in [0.1, 0.15) is 5.82 Å². The number of para-hydroxylation sites is 1. The number of piperidine rings is 1. The van der Waals surface area contributed by atoms with Crippen molar-refractivity contribution in [2.24, 2.45) is 5.92 Å². The first-order valence-electron chi connectivity index (χ1n) is 12.2. The second-order valence-electron chi connectivity index (χ2n) is 9.94. The molecule has 0 spiro atoms. The topological polar surface area (TPSA) is 56.7 Å². The normalized spacial score (nSPS) is 20.5. The molecule has 1 aliphatic heterocycles. The molecule has 3 aliphatic rings. The molecule has 31 heavy (non-hydrogen) atoms. The van der Waals surface area contributed by atoms with Gasteiger partial charge in [-0.15, -0.1) is 0 Å². The molecule has 1 amide bonds. The summed E-state index contributed by atoms with van der Waals surface area (Å²) in [6.07, 6.45) is 9.29. The molecular weight excluding hydrogens is 386 g/mol. The number of aliphatic hydroxyl groups is 1. The Morgan fingerprint density at radius 2 is 1.87 bits per heavy atom. The van der Waals surface area contributed by atoms with Crippen molar-refractivity contribution in [1.82, 2.24) is 9.88 Å². The summed E-state index contributed by atoms with van der Waals surface area (Å²) in [5, 5.41) is 11.1. The van der Waals surface area contributed by atoms with Crippen molar-refractivity contribution < 1.29 is 9.90 Å². The summed E-state index contributed by atoms with van der Waals surface area (Å²) < 4.78 is 0. The Morgan fingerprint density at radius 1 is 1.13 bits per heavy atom.